The SMILES string of the molecule is COC(=O)[C@@H]1CC(Cc2ccnc(C(F)(F)F)c2)C(=O)N1C(=O)OC(C)(C)C. The first-order chi connectivity index (χ1) is 12.8. The minimum Gasteiger partial charge on any atom is -0.467 e. The van der Waals surface area contributed by atoms with Crippen LogP contribution in [0.5, 0.6) is 0 Å². The Hall–Kier alpha value is -2.65. The van der Waals surface area contributed by atoms with Crippen LogP contribution in [0, 0.1) is 5.92 Å². The van der Waals surface area contributed by atoms with E-state index < -0.39 is 47.4 Å². The van der Waals surface area contributed by atoms with E-state index in [0.29, 0.717) is 4.90 Å². The predicted molar refractivity (Wildman–Crippen MR) is 89.9 cm³/mol. The molecule has 2 heterocycles. The number of hydrogen-bond donors (Lipinski definition) is 0. The van der Waals surface area contributed by atoms with Crippen molar-refractivity contribution in [2.24, 2.45) is 5.92 Å². The van der Waals surface area contributed by atoms with E-state index in [2.05, 4.69) is 9.72 Å². The van der Waals surface area contributed by atoms with Crippen LogP contribution in [0.1, 0.15) is 38.4 Å². The third kappa shape index (κ3) is 4.99. The molecule has 0 saturated carbocycles. The fourth-order valence-corrected chi connectivity index (χ4v) is 2.90. The Morgan fingerprint density at radius 2 is 1.93 bits per heavy atom. The summed E-state index contributed by atoms with van der Waals surface area (Å²) in [5.41, 5.74) is -1.76. The number of hydrogen-bond acceptors (Lipinski definition) is 6. The molecule has 1 fully saturated rings. The highest BCUT2D eigenvalue weighted by molar-refractivity contribution is 6.00. The van der Waals surface area contributed by atoms with Crippen molar-refractivity contribution in [1.29, 1.82) is 0 Å². The van der Waals surface area contributed by atoms with Crippen LogP contribution in [0.3, 0.4) is 0 Å². The van der Waals surface area contributed by atoms with E-state index in [1.165, 1.54) is 6.07 Å². The summed E-state index contributed by atoms with van der Waals surface area (Å²) in [6, 6.07) is 1.00. The normalized spacial score (nSPS) is 20.2. The zero-order valence-electron chi connectivity index (χ0n) is 15.9. The van der Waals surface area contributed by atoms with Gasteiger partial charge in [-0.2, -0.15) is 13.2 Å². The minimum absolute atomic E-state index is 0.0750. The van der Waals surface area contributed by atoms with Crippen molar-refractivity contribution in [2.45, 2.75) is 51.4 Å². The van der Waals surface area contributed by atoms with Crippen LogP contribution < -0.4 is 0 Å². The fraction of sp³-hybridized carbons (Fsp3) is 0.556. The third-order valence-electron chi connectivity index (χ3n) is 4.07. The molecule has 1 aliphatic heterocycles. The molecule has 0 spiro atoms. The van der Waals surface area contributed by atoms with Crippen molar-refractivity contribution in [3.8, 4) is 0 Å². The number of aromatic nitrogens is 1. The van der Waals surface area contributed by atoms with E-state index in [-0.39, 0.29) is 18.4 Å². The number of esters is 1. The summed E-state index contributed by atoms with van der Waals surface area (Å²) in [7, 11) is 1.12. The Bertz CT molecular complexity index is 773. The summed E-state index contributed by atoms with van der Waals surface area (Å²) < 4.78 is 48.3. The Morgan fingerprint density at radius 3 is 2.46 bits per heavy atom. The number of pyridine rings is 1. The van der Waals surface area contributed by atoms with Gasteiger partial charge in [-0.1, -0.05) is 0 Å². The number of methoxy groups -OCH3 is 1. The van der Waals surface area contributed by atoms with Gasteiger partial charge in [0.1, 0.15) is 17.3 Å². The maximum Gasteiger partial charge on any atom is 0.433 e. The highest BCUT2D eigenvalue weighted by atomic mass is 19.4. The average Bonchev–Trinajstić information content (AvgIpc) is 2.89. The molecule has 1 aromatic rings. The number of carbonyl (C=O) groups excluding carboxylic acids is 3. The molecule has 2 atom stereocenters. The summed E-state index contributed by atoms with van der Waals surface area (Å²) in [5, 5.41) is 0. The van der Waals surface area contributed by atoms with E-state index >= 15 is 0 Å². The smallest absolute Gasteiger partial charge is 0.433 e. The van der Waals surface area contributed by atoms with Gasteiger partial charge in [0.2, 0.25) is 5.91 Å². The van der Waals surface area contributed by atoms with Crippen molar-refractivity contribution >= 4 is 18.0 Å². The van der Waals surface area contributed by atoms with Gasteiger partial charge in [0, 0.05) is 12.1 Å². The van der Waals surface area contributed by atoms with Gasteiger partial charge in [-0.3, -0.25) is 9.78 Å². The third-order valence-corrected chi connectivity index (χ3v) is 4.07. The molecule has 154 valence electrons. The van der Waals surface area contributed by atoms with Crippen molar-refractivity contribution in [2.75, 3.05) is 7.11 Å². The second-order valence-corrected chi connectivity index (χ2v) is 7.41. The van der Waals surface area contributed by atoms with Gasteiger partial charge in [-0.15, -0.1) is 0 Å². The van der Waals surface area contributed by atoms with Gasteiger partial charge in [-0.25, -0.2) is 14.5 Å². The van der Waals surface area contributed by atoms with E-state index in [0.717, 1.165) is 19.4 Å². The second-order valence-electron chi connectivity index (χ2n) is 7.41. The van der Waals surface area contributed by atoms with Gasteiger partial charge < -0.3 is 9.47 Å². The highest BCUT2D eigenvalue weighted by Gasteiger charge is 2.48. The lowest BCUT2D eigenvalue weighted by atomic mass is 9.96. The van der Waals surface area contributed by atoms with Gasteiger partial charge in [0.25, 0.3) is 0 Å². The second kappa shape index (κ2) is 7.76. The molecule has 1 aromatic heterocycles. The molecule has 0 aromatic carbocycles. The lowest BCUT2D eigenvalue weighted by Gasteiger charge is -2.26. The van der Waals surface area contributed by atoms with Crippen molar-refractivity contribution < 1.29 is 37.0 Å². The average molecular weight is 402 g/mol. The Labute approximate surface area is 159 Å². The first kappa shape index (κ1) is 21.6. The zero-order valence-corrected chi connectivity index (χ0v) is 15.9. The van der Waals surface area contributed by atoms with E-state index in [1.54, 1.807) is 20.8 Å². The molecule has 0 aliphatic carbocycles. The number of carbonyl (C=O) groups is 3. The fourth-order valence-electron chi connectivity index (χ4n) is 2.90. The van der Waals surface area contributed by atoms with E-state index in [1.807, 2.05) is 0 Å². The Kier molecular flexibility index (Phi) is 6.00. The maximum atomic E-state index is 12.8. The van der Waals surface area contributed by atoms with Gasteiger partial charge in [0.05, 0.1) is 7.11 Å². The summed E-state index contributed by atoms with van der Waals surface area (Å²) in [6.45, 7) is 4.81. The molecule has 0 bridgehead atoms. The molecule has 2 rings (SSSR count). The number of imide groups is 1. The zero-order chi connectivity index (χ0) is 21.3. The molecule has 2 amide bonds. The van der Waals surface area contributed by atoms with E-state index in [9.17, 15) is 27.6 Å². The lowest BCUT2D eigenvalue weighted by Crippen LogP contribution is -2.46. The molecule has 10 heteroatoms. The van der Waals surface area contributed by atoms with Crippen LogP contribution in [-0.2, 0) is 31.7 Å². The number of alkyl halides is 3. The minimum atomic E-state index is -4.62. The van der Waals surface area contributed by atoms with Crippen LogP contribution in [0.25, 0.3) is 0 Å². The van der Waals surface area contributed by atoms with Gasteiger partial charge in [0.15, 0.2) is 0 Å². The molecule has 1 unspecified atom stereocenters. The van der Waals surface area contributed by atoms with Crippen LogP contribution in [-0.4, -0.2) is 46.6 Å². The monoisotopic (exact) mass is 402 g/mol. The van der Waals surface area contributed by atoms with Crippen LogP contribution in [0.15, 0.2) is 18.3 Å². The predicted octanol–water partition coefficient (Wildman–Crippen LogP) is 2.97. The number of likely N-dealkylation sites (tertiary alicyclic amines) is 1. The summed E-state index contributed by atoms with van der Waals surface area (Å²) in [6.07, 6.45) is -4.78. The van der Waals surface area contributed by atoms with Crippen LogP contribution >= 0.6 is 0 Å². The molecular formula is C18H21F3N2O5. The number of nitrogens with zero attached hydrogens (tertiary/aromatic N) is 2. The lowest BCUT2D eigenvalue weighted by molar-refractivity contribution is -0.148. The van der Waals surface area contributed by atoms with E-state index in [4.69, 9.17) is 4.74 Å². The summed E-state index contributed by atoms with van der Waals surface area (Å²) >= 11 is 0. The molecule has 1 saturated heterocycles. The van der Waals surface area contributed by atoms with Crippen molar-refractivity contribution in [1.82, 2.24) is 9.88 Å². The molecule has 1 aliphatic rings. The highest BCUT2D eigenvalue weighted by Crippen LogP contribution is 2.32. The number of ether oxygens (including phenoxy) is 2. The molecule has 7 nitrogen and oxygen atoms in total. The molecular weight excluding hydrogens is 381 g/mol. The maximum absolute atomic E-state index is 12.8. The van der Waals surface area contributed by atoms with Crippen molar-refractivity contribution in [3.63, 3.8) is 0 Å². The topological polar surface area (TPSA) is 85.8 Å². The quantitative estimate of drug-likeness (QED) is 0.723. The number of rotatable bonds is 3. The van der Waals surface area contributed by atoms with Crippen LogP contribution in [0.2, 0.25) is 0 Å². The first-order valence-corrected chi connectivity index (χ1v) is 8.49. The van der Waals surface area contributed by atoms with Gasteiger partial charge in [-0.05, 0) is 51.3 Å². The van der Waals surface area contributed by atoms with Crippen LogP contribution in [0.4, 0.5) is 18.0 Å². The Morgan fingerprint density at radius 1 is 1.29 bits per heavy atom. The molecule has 28 heavy (non-hydrogen) atoms. The first-order valence-electron chi connectivity index (χ1n) is 8.49. The summed E-state index contributed by atoms with van der Waals surface area (Å²) in [5.74, 6) is -2.37. The van der Waals surface area contributed by atoms with Gasteiger partial charge >= 0.3 is 18.2 Å². The molecule has 0 radical (unpaired) electrons. The Balaban J connectivity index is 2.26. The standard InChI is InChI=1S/C18H21F3N2O5/c1-17(2,3)28-16(26)23-12(15(25)27-4)9-11(14(23)24)7-10-5-6-22-13(8-10)18(19,20)21/h5-6,8,11-12H,7,9H2,1-4H3/t11?,12-/m0/s1. The molecule has 0 N–H and O–H groups in total. The van der Waals surface area contributed by atoms with Crippen molar-refractivity contribution in [3.05, 3.63) is 29.6 Å². The number of halogens is 3. The summed E-state index contributed by atoms with van der Waals surface area (Å²) in [4.78, 5) is 41.1. The number of amides is 2. The largest absolute Gasteiger partial charge is 0.467 e.